The molecule has 3 rings (SSSR count). The maximum atomic E-state index is 6.05. The summed E-state index contributed by atoms with van der Waals surface area (Å²) in [5.41, 5.74) is 15.8. The number of aromatic nitrogens is 2. The molecule has 4 heteroatoms. The minimum absolute atomic E-state index is 0.680. The molecule has 2 heterocycles. The fourth-order valence-corrected chi connectivity index (χ4v) is 1.94. The molecular weight excluding hydrogens is 224 g/mol. The average Bonchev–Trinajstić information content (AvgIpc) is 2.40. The van der Waals surface area contributed by atoms with Crippen LogP contribution in [0.1, 0.15) is 0 Å². The maximum absolute atomic E-state index is 6.05. The molecule has 0 atom stereocenters. The van der Waals surface area contributed by atoms with Gasteiger partial charge in [0.05, 0.1) is 11.2 Å². The Labute approximate surface area is 104 Å². The summed E-state index contributed by atoms with van der Waals surface area (Å²) in [4.78, 5) is 8.58. The van der Waals surface area contributed by atoms with Gasteiger partial charge < -0.3 is 11.5 Å². The Morgan fingerprint density at radius 1 is 0.889 bits per heavy atom. The van der Waals surface area contributed by atoms with E-state index in [-0.39, 0.29) is 0 Å². The van der Waals surface area contributed by atoms with Crippen molar-refractivity contribution >= 4 is 22.3 Å². The molecule has 0 aliphatic heterocycles. The van der Waals surface area contributed by atoms with Gasteiger partial charge in [-0.2, -0.15) is 0 Å². The summed E-state index contributed by atoms with van der Waals surface area (Å²) in [7, 11) is 0. The zero-order valence-electron chi connectivity index (χ0n) is 9.67. The normalized spacial score (nSPS) is 10.7. The molecule has 3 aromatic rings. The molecule has 0 bridgehead atoms. The molecule has 2 aromatic heterocycles. The van der Waals surface area contributed by atoms with Crippen molar-refractivity contribution in [3.63, 3.8) is 0 Å². The summed E-state index contributed by atoms with van der Waals surface area (Å²) < 4.78 is 0. The van der Waals surface area contributed by atoms with Gasteiger partial charge in [0.15, 0.2) is 0 Å². The van der Waals surface area contributed by atoms with Gasteiger partial charge in [0.1, 0.15) is 0 Å². The van der Waals surface area contributed by atoms with Crippen molar-refractivity contribution in [1.29, 1.82) is 0 Å². The van der Waals surface area contributed by atoms with Crippen LogP contribution in [0.5, 0.6) is 0 Å². The summed E-state index contributed by atoms with van der Waals surface area (Å²) in [6, 6.07) is 11.2. The first-order chi connectivity index (χ1) is 8.74. The number of hydrogen-bond donors (Lipinski definition) is 2. The Morgan fingerprint density at radius 3 is 2.44 bits per heavy atom. The van der Waals surface area contributed by atoms with E-state index in [1.165, 1.54) is 0 Å². The Hall–Kier alpha value is -2.62. The third-order valence-corrected chi connectivity index (χ3v) is 2.84. The molecule has 1 aromatic carbocycles. The Morgan fingerprint density at radius 2 is 1.67 bits per heavy atom. The van der Waals surface area contributed by atoms with E-state index in [1.54, 1.807) is 12.4 Å². The van der Waals surface area contributed by atoms with Gasteiger partial charge in [0, 0.05) is 34.7 Å². The van der Waals surface area contributed by atoms with Crippen LogP contribution in [0.4, 0.5) is 11.4 Å². The van der Waals surface area contributed by atoms with Crippen LogP contribution in [-0.2, 0) is 0 Å². The zero-order valence-corrected chi connectivity index (χ0v) is 9.67. The van der Waals surface area contributed by atoms with Crippen molar-refractivity contribution in [3.05, 3.63) is 48.8 Å². The number of nitrogen functional groups attached to an aromatic ring is 2. The fraction of sp³-hybridized carbons (Fsp3) is 0. The number of benzene rings is 1. The first kappa shape index (κ1) is 10.5. The maximum Gasteiger partial charge on any atom is 0.0731 e. The molecule has 4 N–H and O–H groups in total. The van der Waals surface area contributed by atoms with E-state index >= 15 is 0 Å². The van der Waals surface area contributed by atoms with E-state index in [0.717, 1.165) is 22.2 Å². The van der Waals surface area contributed by atoms with Gasteiger partial charge in [-0.15, -0.1) is 0 Å². The van der Waals surface area contributed by atoms with Crippen LogP contribution in [0.3, 0.4) is 0 Å². The third-order valence-electron chi connectivity index (χ3n) is 2.84. The van der Waals surface area contributed by atoms with Crippen LogP contribution in [0, 0.1) is 0 Å². The van der Waals surface area contributed by atoms with E-state index in [9.17, 15) is 0 Å². The molecule has 0 radical (unpaired) electrons. The number of fused-ring (bicyclic) bond motifs is 1. The van der Waals surface area contributed by atoms with E-state index in [2.05, 4.69) is 9.97 Å². The second-order valence-corrected chi connectivity index (χ2v) is 4.11. The SMILES string of the molecule is Nc1ccc2nc(-c3ccncc3)cc(N)c2c1. The second kappa shape index (κ2) is 4.00. The van der Waals surface area contributed by atoms with Crippen LogP contribution in [0.15, 0.2) is 48.8 Å². The highest BCUT2D eigenvalue weighted by Gasteiger charge is 2.05. The monoisotopic (exact) mass is 236 g/mol. The van der Waals surface area contributed by atoms with Gasteiger partial charge in [0.2, 0.25) is 0 Å². The fourth-order valence-electron chi connectivity index (χ4n) is 1.94. The van der Waals surface area contributed by atoms with Crippen molar-refractivity contribution in [2.45, 2.75) is 0 Å². The molecule has 18 heavy (non-hydrogen) atoms. The minimum Gasteiger partial charge on any atom is -0.399 e. The number of pyridine rings is 2. The van der Waals surface area contributed by atoms with Crippen molar-refractivity contribution in [3.8, 4) is 11.3 Å². The first-order valence-electron chi connectivity index (χ1n) is 5.60. The largest absolute Gasteiger partial charge is 0.399 e. The topological polar surface area (TPSA) is 77.8 Å². The van der Waals surface area contributed by atoms with E-state index < -0.39 is 0 Å². The van der Waals surface area contributed by atoms with Crippen LogP contribution in [0.2, 0.25) is 0 Å². The second-order valence-electron chi connectivity index (χ2n) is 4.11. The quantitative estimate of drug-likeness (QED) is 0.636. The number of rotatable bonds is 1. The molecule has 0 saturated carbocycles. The lowest BCUT2D eigenvalue weighted by atomic mass is 10.1. The van der Waals surface area contributed by atoms with Crippen molar-refractivity contribution in [2.75, 3.05) is 11.5 Å². The Balaban J connectivity index is 2.25. The van der Waals surface area contributed by atoms with Gasteiger partial charge in [-0.1, -0.05) is 0 Å². The molecule has 0 aliphatic carbocycles. The van der Waals surface area contributed by atoms with Gasteiger partial charge in [-0.3, -0.25) is 4.98 Å². The number of hydrogen-bond acceptors (Lipinski definition) is 4. The number of nitrogens with zero attached hydrogens (tertiary/aromatic N) is 2. The standard InChI is InChI=1S/C14H12N4/c15-10-1-2-13-11(7-10)12(16)8-14(18-13)9-3-5-17-6-4-9/h1-8H,15H2,(H2,16,18). The highest BCUT2D eigenvalue weighted by molar-refractivity contribution is 5.94. The summed E-state index contributed by atoms with van der Waals surface area (Å²) in [5, 5.41) is 0.882. The summed E-state index contributed by atoms with van der Waals surface area (Å²) in [6.07, 6.45) is 3.47. The van der Waals surface area contributed by atoms with Gasteiger partial charge in [-0.05, 0) is 36.4 Å². The van der Waals surface area contributed by atoms with Gasteiger partial charge in [-0.25, -0.2) is 4.98 Å². The first-order valence-corrected chi connectivity index (χ1v) is 5.60. The minimum atomic E-state index is 0.680. The van der Waals surface area contributed by atoms with Crippen LogP contribution in [0.25, 0.3) is 22.2 Å². The lowest BCUT2D eigenvalue weighted by Crippen LogP contribution is -1.94. The molecule has 0 amide bonds. The molecule has 88 valence electrons. The zero-order chi connectivity index (χ0) is 12.5. The Bertz CT molecular complexity index is 708. The van der Waals surface area contributed by atoms with Gasteiger partial charge in [0.25, 0.3) is 0 Å². The molecular formula is C14H12N4. The summed E-state index contributed by atoms with van der Waals surface area (Å²) >= 11 is 0. The number of nitrogens with two attached hydrogens (primary N) is 2. The van der Waals surface area contributed by atoms with Crippen LogP contribution < -0.4 is 11.5 Å². The molecule has 0 saturated heterocycles. The van der Waals surface area contributed by atoms with Crippen LogP contribution in [-0.4, -0.2) is 9.97 Å². The van der Waals surface area contributed by atoms with Gasteiger partial charge >= 0.3 is 0 Å². The van der Waals surface area contributed by atoms with Crippen molar-refractivity contribution in [1.82, 2.24) is 9.97 Å². The average molecular weight is 236 g/mol. The highest BCUT2D eigenvalue weighted by atomic mass is 14.7. The summed E-state index contributed by atoms with van der Waals surface area (Å²) in [5.74, 6) is 0. The van der Waals surface area contributed by atoms with Crippen molar-refractivity contribution < 1.29 is 0 Å². The van der Waals surface area contributed by atoms with Crippen LogP contribution >= 0.6 is 0 Å². The summed E-state index contributed by atoms with van der Waals surface area (Å²) in [6.45, 7) is 0. The molecule has 4 nitrogen and oxygen atoms in total. The molecule has 0 unspecified atom stereocenters. The lowest BCUT2D eigenvalue weighted by Gasteiger charge is -2.07. The predicted octanol–water partition coefficient (Wildman–Crippen LogP) is 2.46. The van der Waals surface area contributed by atoms with E-state index in [4.69, 9.17) is 11.5 Å². The number of anilines is 2. The molecule has 0 aliphatic rings. The Kier molecular flexibility index (Phi) is 2.34. The molecule has 0 spiro atoms. The van der Waals surface area contributed by atoms with E-state index in [1.807, 2.05) is 36.4 Å². The smallest absolute Gasteiger partial charge is 0.0731 e. The van der Waals surface area contributed by atoms with Crippen molar-refractivity contribution in [2.24, 2.45) is 0 Å². The highest BCUT2D eigenvalue weighted by Crippen LogP contribution is 2.27. The third kappa shape index (κ3) is 1.73. The van der Waals surface area contributed by atoms with E-state index in [0.29, 0.717) is 11.4 Å². The lowest BCUT2D eigenvalue weighted by molar-refractivity contribution is 1.31. The predicted molar refractivity (Wildman–Crippen MR) is 73.8 cm³/mol. The molecule has 0 fully saturated rings.